The van der Waals surface area contributed by atoms with Crippen molar-refractivity contribution < 1.29 is 18.8 Å². The molecule has 204 valence electrons. The van der Waals surface area contributed by atoms with Gasteiger partial charge in [-0.1, -0.05) is 48.9 Å². The molecular formula is C32H31N3O4S. The van der Waals surface area contributed by atoms with Crippen molar-refractivity contribution in [1.82, 2.24) is 5.32 Å². The highest BCUT2D eigenvalue weighted by Gasteiger charge is 2.20. The fourth-order valence-electron chi connectivity index (χ4n) is 3.96. The highest BCUT2D eigenvalue weighted by atomic mass is 32.2. The predicted octanol–water partition coefficient (Wildman–Crippen LogP) is 6.82. The van der Waals surface area contributed by atoms with Crippen molar-refractivity contribution in [1.29, 1.82) is 0 Å². The summed E-state index contributed by atoms with van der Waals surface area (Å²) in [6.07, 6.45) is 3.58. The average Bonchev–Trinajstić information content (AvgIpc) is 3.46. The van der Waals surface area contributed by atoms with Crippen LogP contribution in [0, 0.1) is 13.8 Å². The van der Waals surface area contributed by atoms with Crippen molar-refractivity contribution in [3.63, 3.8) is 0 Å². The molecule has 0 aliphatic rings. The molecule has 0 aliphatic carbocycles. The Morgan fingerprint density at radius 1 is 0.900 bits per heavy atom. The van der Waals surface area contributed by atoms with Crippen LogP contribution in [0.1, 0.15) is 40.6 Å². The number of carbonyl (C=O) groups is 3. The van der Waals surface area contributed by atoms with Gasteiger partial charge in [0.25, 0.3) is 11.8 Å². The number of carbonyl (C=O) groups excluding carboxylic acids is 3. The van der Waals surface area contributed by atoms with Gasteiger partial charge in [0.05, 0.1) is 11.5 Å². The second-order valence-electron chi connectivity index (χ2n) is 9.20. The first-order valence-electron chi connectivity index (χ1n) is 12.9. The number of nitrogens with one attached hydrogen (secondary N) is 3. The number of anilines is 2. The largest absolute Gasteiger partial charge is 0.465 e. The number of aryl methyl sites for hydroxylation is 2. The van der Waals surface area contributed by atoms with Crippen LogP contribution >= 0.6 is 11.8 Å². The van der Waals surface area contributed by atoms with E-state index >= 15 is 0 Å². The molecule has 0 radical (unpaired) electrons. The van der Waals surface area contributed by atoms with E-state index in [0.29, 0.717) is 23.4 Å². The molecule has 40 heavy (non-hydrogen) atoms. The molecule has 4 rings (SSSR count). The number of hydrogen-bond acceptors (Lipinski definition) is 5. The van der Waals surface area contributed by atoms with Crippen molar-refractivity contribution in [2.24, 2.45) is 0 Å². The molecule has 3 amide bonds. The van der Waals surface area contributed by atoms with Gasteiger partial charge in [-0.15, -0.1) is 11.8 Å². The maximum Gasteiger partial charge on any atom is 0.272 e. The summed E-state index contributed by atoms with van der Waals surface area (Å²) in [7, 11) is 0. The molecule has 1 unspecified atom stereocenters. The predicted molar refractivity (Wildman–Crippen MR) is 160 cm³/mol. The molecule has 0 saturated heterocycles. The van der Waals surface area contributed by atoms with E-state index in [-0.39, 0.29) is 16.9 Å². The lowest BCUT2D eigenvalue weighted by atomic mass is 10.1. The first-order valence-corrected chi connectivity index (χ1v) is 13.8. The Balaban J connectivity index is 1.47. The minimum atomic E-state index is -0.512. The lowest BCUT2D eigenvalue weighted by Crippen LogP contribution is -2.30. The van der Waals surface area contributed by atoms with Crippen LogP contribution in [0.5, 0.6) is 0 Å². The van der Waals surface area contributed by atoms with Gasteiger partial charge in [-0.3, -0.25) is 14.4 Å². The number of furan rings is 1. The molecule has 3 N–H and O–H groups in total. The van der Waals surface area contributed by atoms with Crippen molar-refractivity contribution >= 4 is 46.9 Å². The Morgan fingerprint density at radius 3 is 2.40 bits per heavy atom. The van der Waals surface area contributed by atoms with Gasteiger partial charge in [0, 0.05) is 27.9 Å². The summed E-state index contributed by atoms with van der Waals surface area (Å²) in [5.41, 5.74) is 3.92. The van der Waals surface area contributed by atoms with Gasteiger partial charge in [-0.05, 0) is 74.4 Å². The van der Waals surface area contributed by atoms with E-state index in [1.165, 1.54) is 24.1 Å². The standard InChI is InChI=1S/C32H31N3O4S/c1-4-29(32(38)34-27-16-15-21(2)18-22(27)3)40-26-14-8-12-24(19-26)33-31(37)28(20-25-13-9-17-39-25)35-30(36)23-10-6-5-7-11-23/h5-20,29H,4H2,1-3H3,(H,33,37)(H,34,38)(H,35,36)/b28-20-. The first kappa shape index (κ1) is 28.4. The monoisotopic (exact) mass is 553 g/mol. The quantitative estimate of drug-likeness (QED) is 0.148. The molecule has 1 atom stereocenters. The maximum atomic E-state index is 13.3. The summed E-state index contributed by atoms with van der Waals surface area (Å²) >= 11 is 1.42. The van der Waals surface area contributed by atoms with Gasteiger partial charge in [0.1, 0.15) is 11.5 Å². The Bertz CT molecular complexity index is 1510. The van der Waals surface area contributed by atoms with Gasteiger partial charge in [0.15, 0.2) is 0 Å². The van der Waals surface area contributed by atoms with Gasteiger partial charge in [0.2, 0.25) is 5.91 Å². The molecule has 0 bridgehead atoms. The summed E-state index contributed by atoms with van der Waals surface area (Å²) in [5, 5.41) is 8.24. The normalized spacial score (nSPS) is 11.9. The van der Waals surface area contributed by atoms with Crippen LogP contribution in [0.25, 0.3) is 6.08 Å². The van der Waals surface area contributed by atoms with Gasteiger partial charge < -0.3 is 20.4 Å². The highest BCUT2D eigenvalue weighted by molar-refractivity contribution is 8.00. The Kier molecular flexibility index (Phi) is 9.59. The lowest BCUT2D eigenvalue weighted by Gasteiger charge is -2.17. The molecule has 0 fully saturated rings. The van der Waals surface area contributed by atoms with E-state index in [1.807, 2.05) is 57.2 Å². The molecule has 3 aromatic carbocycles. The average molecular weight is 554 g/mol. The number of hydrogen-bond donors (Lipinski definition) is 3. The topological polar surface area (TPSA) is 100 Å². The van der Waals surface area contributed by atoms with E-state index in [0.717, 1.165) is 21.7 Å². The summed E-state index contributed by atoms with van der Waals surface area (Å²) in [5.74, 6) is -0.592. The molecule has 0 saturated carbocycles. The van der Waals surface area contributed by atoms with Crippen LogP contribution in [0.15, 0.2) is 106 Å². The van der Waals surface area contributed by atoms with Crippen LogP contribution in [-0.2, 0) is 9.59 Å². The maximum absolute atomic E-state index is 13.3. The molecule has 4 aromatic rings. The zero-order valence-corrected chi connectivity index (χ0v) is 23.4. The van der Waals surface area contributed by atoms with E-state index in [9.17, 15) is 14.4 Å². The Labute approximate surface area is 238 Å². The molecular weight excluding hydrogens is 522 g/mol. The van der Waals surface area contributed by atoms with Crippen LogP contribution in [-0.4, -0.2) is 23.0 Å². The van der Waals surface area contributed by atoms with Crippen LogP contribution in [0.4, 0.5) is 11.4 Å². The van der Waals surface area contributed by atoms with Crippen LogP contribution in [0.3, 0.4) is 0 Å². The summed E-state index contributed by atoms with van der Waals surface area (Å²) in [6, 6.07) is 25.2. The third-order valence-electron chi connectivity index (χ3n) is 6.03. The SMILES string of the molecule is CCC(Sc1cccc(NC(=O)/C(=C/c2ccco2)NC(=O)c2ccccc2)c1)C(=O)Nc1ccc(C)cc1C. The minimum Gasteiger partial charge on any atom is -0.465 e. The molecule has 8 heteroatoms. The Hall–Kier alpha value is -4.56. The Morgan fingerprint density at radius 2 is 1.70 bits per heavy atom. The van der Waals surface area contributed by atoms with Crippen molar-refractivity contribution in [3.8, 4) is 0 Å². The van der Waals surface area contributed by atoms with Crippen LogP contribution < -0.4 is 16.0 Å². The smallest absolute Gasteiger partial charge is 0.272 e. The fourth-order valence-corrected chi connectivity index (χ4v) is 4.97. The summed E-state index contributed by atoms with van der Waals surface area (Å²) in [6.45, 7) is 5.95. The second-order valence-corrected chi connectivity index (χ2v) is 10.5. The van der Waals surface area contributed by atoms with Gasteiger partial charge in [-0.25, -0.2) is 0 Å². The fraction of sp³-hybridized carbons (Fsp3) is 0.156. The molecule has 7 nitrogen and oxygen atoms in total. The van der Waals surface area contributed by atoms with Crippen molar-refractivity contribution in [2.75, 3.05) is 10.6 Å². The van der Waals surface area contributed by atoms with E-state index in [1.54, 1.807) is 48.5 Å². The number of amides is 3. The van der Waals surface area contributed by atoms with Gasteiger partial charge in [-0.2, -0.15) is 0 Å². The molecule has 0 aliphatic heterocycles. The number of rotatable bonds is 10. The molecule has 0 spiro atoms. The number of thioether (sulfide) groups is 1. The highest BCUT2D eigenvalue weighted by Crippen LogP contribution is 2.29. The first-order chi connectivity index (χ1) is 19.3. The van der Waals surface area contributed by atoms with Crippen molar-refractivity contribution in [2.45, 2.75) is 37.3 Å². The van der Waals surface area contributed by atoms with E-state index in [2.05, 4.69) is 16.0 Å². The van der Waals surface area contributed by atoms with E-state index in [4.69, 9.17) is 4.42 Å². The van der Waals surface area contributed by atoms with Gasteiger partial charge >= 0.3 is 0 Å². The van der Waals surface area contributed by atoms with Crippen molar-refractivity contribution in [3.05, 3.63) is 119 Å². The lowest BCUT2D eigenvalue weighted by molar-refractivity contribution is -0.116. The zero-order chi connectivity index (χ0) is 28.5. The molecule has 1 heterocycles. The summed E-state index contributed by atoms with van der Waals surface area (Å²) in [4.78, 5) is 39.9. The minimum absolute atomic E-state index is 0.0288. The van der Waals surface area contributed by atoms with Crippen LogP contribution in [0.2, 0.25) is 0 Å². The van der Waals surface area contributed by atoms with E-state index < -0.39 is 11.8 Å². The number of benzene rings is 3. The summed E-state index contributed by atoms with van der Waals surface area (Å²) < 4.78 is 5.36. The molecule has 1 aromatic heterocycles. The third-order valence-corrected chi connectivity index (χ3v) is 7.39. The second kappa shape index (κ2) is 13.5. The zero-order valence-electron chi connectivity index (χ0n) is 22.6. The third kappa shape index (κ3) is 7.74.